The zero-order valence-electron chi connectivity index (χ0n) is 13.5. The number of amidine groups is 1. The van der Waals surface area contributed by atoms with Crippen LogP contribution in [0, 0.1) is 5.82 Å². The lowest BCUT2D eigenvalue weighted by Crippen LogP contribution is -2.42. The van der Waals surface area contributed by atoms with Crippen LogP contribution in [0.1, 0.15) is 18.1 Å². The van der Waals surface area contributed by atoms with Crippen molar-refractivity contribution in [1.29, 1.82) is 0 Å². The summed E-state index contributed by atoms with van der Waals surface area (Å²) in [6.45, 7) is 1.58. The number of oxime groups is 1. The van der Waals surface area contributed by atoms with Crippen LogP contribution in [0.5, 0.6) is 0 Å². The van der Waals surface area contributed by atoms with Crippen molar-refractivity contribution in [1.82, 2.24) is 4.90 Å². The first kappa shape index (κ1) is 16.6. The minimum absolute atomic E-state index is 0.144. The van der Waals surface area contributed by atoms with Crippen molar-refractivity contribution >= 4 is 23.3 Å². The largest absolute Gasteiger partial charge is 0.384 e. The Morgan fingerprint density at radius 2 is 1.88 bits per heavy atom. The molecule has 0 aliphatic carbocycles. The van der Waals surface area contributed by atoms with E-state index in [1.807, 2.05) is 12.1 Å². The molecule has 1 aliphatic heterocycles. The Morgan fingerprint density at radius 3 is 2.52 bits per heavy atom. The van der Waals surface area contributed by atoms with Gasteiger partial charge in [-0.1, -0.05) is 17.3 Å². The fourth-order valence-electron chi connectivity index (χ4n) is 2.44. The van der Waals surface area contributed by atoms with Crippen molar-refractivity contribution in [3.05, 3.63) is 65.5 Å². The molecule has 0 saturated carbocycles. The minimum atomic E-state index is -0.368. The van der Waals surface area contributed by atoms with Crippen LogP contribution < -0.4 is 5.32 Å². The number of anilines is 1. The zero-order chi connectivity index (χ0) is 17.8. The van der Waals surface area contributed by atoms with E-state index in [1.54, 1.807) is 24.3 Å². The summed E-state index contributed by atoms with van der Waals surface area (Å²) in [5.74, 6) is -0.420. The third kappa shape index (κ3) is 4.00. The number of carbonyl (C=O) groups is 2. The van der Waals surface area contributed by atoms with E-state index in [1.165, 1.54) is 24.0 Å². The molecule has 0 spiro atoms. The summed E-state index contributed by atoms with van der Waals surface area (Å²) in [5, 5.41) is 6.64. The normalized spacial score (nSPS) is 13.9. The summed E-state index contributed by atoms with van der Waals surface area (Å²) < 4.78 is 13.1. The number of benzene rings is 2. The summed E-state index contributed by atoms with van der Waals surface area (Å²) in [6, 6.07) is 12.8. The molecule has 0 fully saturated rings. The van der Waals surface area contributed by atoms with Crippen molar-refractivity contribution in [3.8, 4) is 0 Å². The third-order valence-corrected chi connectivity index (χ3v) is 3.61. The molecule has 7 heteroatoms. The topological polar surface area (TPSA) is 71.0 Å². The second kappa shape index (κ2) is 7.12. The van der Waals surface area contributed by atoms with Crippen molar-refractivity contribution in [2.24, 2.45) is 5.16 Å². The van der Waals surface area contributed by atoms with Gasteiger partial charge in [0.2, 0.25) is 5.91 Å². The standard InChI is InChI=1S/C18H16FN3O3/c1-12(23)20-16-8-2-13(3-9-16)10-22-17(24)11-25-21-18(22)14-4-6-15(19)7-5-14/h2-9H,10-11H2,1H3,(H,20,23). The van der Waals surface area contributed by atoms with Gasteiger partial charge in [0.15, 0.2) is 12.4 Å². The number of rotatable bonds is 4. The zero-order valence-corrected chi connectivity index (χ0v) is 13.5. The maximum Gasteiger partial charge on any atom is 0.269 e. The summed E-state index contributed by atoms with van der Waals surface area (Å²) in [5.41, 5.74) is 2.13. The first-order valence-corrected chi connectivity index (χ1v) is 7.66. The van der Waals surface area contributed by atoms with Crippen molar-refractivity contribution in [2.75, 3.05) is 11.9 Å². The van der Waals surface area contributed by atoms with Crippen LogP contribution in [-0.4, -0.2) is 29.2 Å². The Kier molecular flexibility index (Phi) is 4.74. The third-order valence-electron chi connectivity index (χ3n) is 3.61. The molecule has 0 unspecified atom stereocenters. The lowest BCUT2D eigenvalue weighted by Gasteiger charge is -2.27. The average Bonchev–Trinajstić information content (AvgIpc) is 2.59. The maximum atomic E-state index is 13.1. The highest BCUT2D eigenvalue weighted by Gasteiger charge is 2.26. The van der Waals surface area contributed by atoms with Gasteiger partial charge in [0.05, 0.1) is 6.54 Å². The molecule has 0 bridgehead atoms. The molecule has 0 atom stereocenters. The van der Waals surface area contributed by atoms with Gasteiger partial charge in [-0.25, -0.2) is 4.39 Å². The predicted molar refractivity (Wildman–Crippen MR) is 90.2 cm³/mol. The van der Waals surface area contributed by atoms with Crippen molar-refractivity contribution in [3.63, 3.8) is 0 Å². The first-order valence-electron chi connectivity index (χ1n) is 7.66. The number of nitrogens with zero attached hydrogens (tertiary/aromatic N) is 2. The van der Waals surface area contributed by atoms with E-state index < -0.39 is 0 Å². The molecule has 2 aromatic carbocycles. The van der Waals surface area contributed by atoms with E-state index in [0.717, 1.165) is 5.56 Å². The SMILES string of the molecule is CC(=O)Nc1ccc(CN2C(=O)CON=C2c2ccc(F)cc2)cc1. The van der Waals surface area contributed by atoms with Crippen molar-refractivity contribution in [2.45, 2.75) is 13.5 Å². The number of hydrogen-bond acceptors (Lipinski definition) is 4. The lowest BCUT2D eigenvalue weighted by atomic mass is 10.1. The number of carbonyl (C=O) groups excluding carboxylic acids is 2. The van der Waals surface area contributed by atoms with Gasteiger partial charge in [0, 0.05) is 18.2 Å². The fourth-order valence-corrected chi connectivity index (χ4v) is 2.44. The molecule has 0 radical (unpaired) electrons. The van der Waals surface area contributed by atoms with Crippen LogP contribution in [0.25, 0.3) is 0 Å². The number of halogens is 1. The molecule has 6 nitrogen and oxygen atoms in total. The fraction of sp³-hybridized carbons (Fsp3) is 0.167. The average molecular weight is 341 g/mol. The summed E-state index contributed by atoms with van der Waals surface area (Å²) in [7, 11) is 0. The quantitative estimate of drug-likeness (QED) is 0.929. The van der Waals surface area contributed by atoms with Gasteiger partial charge in [-0.2, -0.15) is 0 Å². The molecule has 0 saturated heterocycles. The van der Waals surface area contributed by atoms with Crippen LogP contribution in [0.15, 0.2) is 53.7 Å². The molecular formula is C18H16FN3O3. The van der Waals surface area contributed by atoms with E-state index in [2.05, 4.69) is 10.5 Å². The van der Waals surface area contributed by atoms with Gasteiger partial charge in [-0.3, -0.25) is 14.5 Å². The predicted octanol–water partition coefficient (Wildman–Crippen LogP) is 2.50. The second-order valence-corrected chi connectivity index (χ2v) is 5.55. The molecule has 3 rings (SSSR count). The van der Waals surface area contributed by atoms with Crippen LogP contribution in [-0.2, 0) is 21.0 Å². The molecule has 2 amide bonds. The number of nitrogens with one attached hydrogen (secondary N) is 1. The lowest BCUT2D eigenvalue weighted by molar-refractivity contribution is -0.134. The molecule has 1 aliphatic rings. The van der Waals surface area contributed by atoms with Crippen LogP contribution in [0.3, 0.4) is 0 Å². The van der Waals surface area contributed by atoms with Gasteiger partial charge in [0.1, 0.15) is 5.82 Å². The van der Waals surface area contributed by atoms with Crippen molar-refractivity contribution < 1.29 is 18.8 Å². The molecule has 1 heterocycles. The molecule has 0 aromatic heterocycles. The number of amides is 2. The van der Waals surface area contributed by atoms with E-state index in [9.17, 15) is 14.0 Å². The highest BCUT2D eigenvalue weighted by atomic mass is 19.1. The Bertz CT molecular complexity index is 816. The molecule has 1 N–H and O–H groups in total. The van der Waals surface area contributed by atoms with E-state index in [0.29, 0.717) is 23.6 Å². The van der Waals surface area contributed by atoms with Gasteiger partial charge < -0.3 is 10.2 Å². The van der Waals surface area contributed by atoms with E-state index >= 15 is 0 Å². The minimum Gasteiger partial charge on any atom is -0.384 e. The Balaban J connectivity index is 1.81. The number of hydrogen-bond donors (Lipinski definition) is 1. The van der Waals surface area contributed by atoms with Crippen LogP contribution in [0.4, 0.5) is 10.1 Å². The Morgan fingerprint density at radius 1 is 1.20 bits per heavy atom. The van der Waals surface area contributed by atoms with Crippen LogP contribution in [0.2, 0.25) is 0 Å². The monoisotopic (exact) mass is 341 g/mol. The maximum absolute atomic E-state index is 13.1. The second-order valence-electron chi connectivity index (χ2n) is 5.55. The first-order chi connectivity index (χ1) is 12.0. The summed E-state index contributed by atoms with van der Waals surface area (Å²) >= 11 is 0. The molecule has 2 aromatic rings. The highest BCUT2D eigenvalue weighted by Crippen LogP contribution is 2.17. The van der Waals surface area contributed by atoms with Gasteiger partial charge >= 0.3 is 0 Å². The Hall–Kier alpha value is -3.22. The van der Waals surface area contributed by atoms with Gasteiger partial charge in [0.25, 0.3) is 5.91 Å². The summed E-state index contributed by atoms with van der Waals surface area (Å²) in [4.78, 5) is 29.8. The molecule has 128 valence electrons. The molecular weight excluding hydrogens is 325 g/mol. The van der Waals surface area contributed by atoms with Gasteiger partial charge in [-0.15, -0.1) is 0 Å². The highest BCUT2D eigenvalue weighted by molar-refractivity contribution is 6.08. The smallest absolute Gasteiger partial charge is 0.269 e. The summed E-state index contributed by atoms with van der Waals surface area (Å²) in [6.07, 6.45) is 0. The molecule has 25 heavy (non-hydrogen) atoms. The van der Waals surface area contributed by atoms with Crippen LogP contribution >= 0.6 is 0 Å². The van der Waals surface area contributed by atoms with Gasteiger partial charge in [-0.05, 0) is 42.0 Å². The van der Waals surface area contributed by atoms with E-state index in [4.69, 9.17) is 4.84 Å². The van der Waals surface area contributed by atoms with E-state index in [-0.39, 0.29) is 24.2 Å². The Labute approximate surface area is 143 Å².